The van der Waals surface area contributed by atoms with Crippen LogP contribution >= 0.6 is 0 Å². The van der Waals surface area contributed by atoms with Crippen LogP contribution in [0.15, 0.2) is 29.0 Å². The number of rotatable bonds is 5. The molecule has 0 bridgehead atoms. The van der Waals surface area contributed by atoms with Gasteiger partial charge in [-0.25, -0.2) is 4.68 Å². The van der Waals surface area contributed by atoms with Gasteiger partial charge < -0.3 is 9.73 Å². The highest BCUT2D eigenvalue weighted by Gasteiger charge is 2.03. The summed E-state index contributed by atoms with van der Waals surface area (Å²) < 4.78 is 7.01. The SMILES string of the molecule is CC(C)NCc1cn(Cc2ccco2)nn1. The van der Waals surface area contributed by atoms with Crippen LogP contribution in [0.2, 0.25) is 0 Å². The van der Waals surface area contributed by atoms with E-state index in [1.807, 2.05) is 18.3 Å². The predicted octanol–water partition coefficient (Wildman–Crippen LogP) is 1.42. The number of aromatic nitrogens is 3. The van der Waals surface area contributed by atoms with Crippen LogP contribution < -0.4 is 5.32 Å². The second-order valence-corrected chi connectivity index (χ2v) is 4.02. The second-order valence-electron chi connectivity index (χ2n) is 4.02. The molecule has 0 atom stereocenters. The van der Waals surface area contributed by atoms with Crippen molar-refractivity contribution in [2.24, 2.45) is 0 Å². The van der Waals surface area contributed by atoms with Crippen molar-refractivity contribution >= 4 is 0 Å². The summed E-state index contributed by atoms with van der Waals surface area (Å²) in [6.45, 7) is 5.58. The maximum Gasteiger partial charge on any atom is 0.125 e. The molecule has 0 unspecified atom stereocenters. The van der Waals surface area contributed by atoms with Crippen LogP contribution in [0.25, 0.3) is 0 Å². The average molecular weight is 220 g/mol. The normalized spacial score (nSPS) is 11.2. The number of nitrogens with one attached hydrogen (secondary N) is 1. The summed E-state index contributed by atoms with van der Waals surface area (Å²) in [5, 5.41) is 11.4. The molecule has 2 heterocycles. The molecule has 0 spiro atoms. The van der Waals surface area contributed by atoms with Crippen LogP contribution in [-0.4, -0.2) is 21.0 Å². The summed E-state index contributed by atoms with van der Waals surface area (Å²) in [4.78, 5) is 0. The first-order valence-electron chi connectivity index (χ1n) is 5.39. The van der Waals surface area contributed by atoms with E-state index in [9.17, 15) is 0 Å². The molecule has 0 saturated heterocycles. The number of nitrogens with zero attached hydrogens (tertiary/aromatic N) is 3. The zero-order valence-corrected chi connectivity index (χ0v) is 9.55. The fraction of sp³-hybridized carbons (Fsp3) is 0.455. The number of hydrogen-bond donors (Lipinski definition) is 1. The van der Waals surface area contributed by atoms with Crippen molar-refractivity contribution in [1.29, 1.82) is 0 Å². The first-order valence-corrected chi connectivity index (χ1v) is 5.39. The molecule has 5 heteroatoms. The Morgan fingerprint density at radius 2 is 2.38 bits per heavy atom. The van der Waals surface area contributed by atoms with Crippen LogP contribution in [0.3, 0.4) is 0 Å². The van der Waals surface area contributed by atoms with Crippen molar-refractivity contribution < 1.29 is 4.42 Å². The minimum Gasteiger partial charge on any atom is -0.467 e. The van der Waals surface area contributed by atoms with E-state index < -0.39 is 0 Å². The third-order valence-corrected chi connectivity index (χ3v) is 2.18. The Bertz CT molecular complexity index is 419. The maximum atomic E-state index is 5.24. The molecule has 0 aliphatic heterocycles. The summed E-state index contributed by atoms with van der Waals surface area (Å²) in [5.74, 6) is 0.883. The van der Waals surface area contributed by atoms with Gasteiger partial charge >= 0.3 is 0 Å². The van der Waals surface area contributed by atoms with Crippen LogP contribution in [0.4, 0.5) is 0 Å². The van der Waals surface area contributed by atoms with E-state index in [0.29, 0.717) is 12.6 Å². The molecular formula is C11H16N4O. The Balaban J connectivity index is 1.92. The molecule has 0 aromatic carbocycles. The van der Waals surface area contributed by atoms with Gasteiger partial charge in [0.2, 0.25) is 0 Å². The first-order chi connectivity index (χ1) is 7.74. The summed E-state index contributed by atoms with van der Waals surface area (Å²) in [5.41, 5.74) is 0.945. The van der Waals surface area contributed by atoms with Crippen molar-refractivity contribution in [1.82, 2.24) is 20.3 Å². The molecule has 16 heavy (non-hydrogen) atoms. The highest BCUT2D eigenvalue weighted by molar-refractivity contribution is 5.00. The topological polar surface area (TPSA) is 55.9 Å². The standard InChI is InChI=1S/C11H16N4O/c1-9(2)12-6-10-7-15(14-13-10)8-11-4-3-5-16-11/h3-5,7,9,12H,6,8H2,1-2H3. The second kappa shape index (κ2) is 4.94. The summed E-state index contributed by atoms with van der Waals surface area (Å²) in [6.07, 6.45) is 3.59. The Morgan fingerprint density at radius 3 is 3.06 bits per heavy atom. The fourth-order valence-electron chi connectivity index (χ4n) is 1.37. The Hall–Kier alpha value is -1.62. The van der Waals surface area contributed by atoms with Crippen molar-refractivity contribution in [3.8, 4) is 0 Å². The average Bonchev–Trinajstić information content (AvgIpc) is 2.87. The van der Waals surface area contributed by atoms with Gasteiger partial charge in [0.1, 0.15) is 12.3 Å². The molecule has 0 aliphatic carbocycles. The lowest BCUT2D eigenvalue weighted by Crippen LogP contribution is -2.21. The Kier molecular flexibility index (Phi) is 3.36. The van der Waals surface area contributed by atoms with Crippen LogP contribution in [0.5, 0.6) is 0 Å². The van der Waals surface area contributed by atoms with E-state index in [1.54, 1.807) is 10.9 Å². The zero-order chi connectivity index (χ0) is 11.4. The van der Waals surface area contributed by atoms with Gasteiger partial charge in [0.25, 0.3) is 0 Å². The van der Waals surface area contributed by atoms with Crippen molar-refractivity contribution in [3.05, 3.63) is 36.0 Å². The minimum atomic E-state index is 0.454. The van der Waals surface area contributed by atoms with E-state index in [4.69, 9.17) is 4.42 Å². The third kappa shape index (κ3) is 2.93. The van der Waals surface area contributed by atoms with E-state index in [0.717, 1.165) is 18.0 Å². The first kappa shape index (κ1) is 10.9. The largest absolute Gasteiger partial charge is 0.467 e. The van der Waals surface area contributed by atoms with Crippen LogP contribution in [-0.2, 0) is 13.1 Å². The lowest BCUT2D eigenvalue weighted by atomic mass is 10.3. The van der Waals surface area contributed by atoms with Gasteiger partial charge in [-0.2, -0.15) is 0 Å². The van der Waals surface area contributed by atoms with E-state index in [1.165, 1.54) is 0 Å². The molecule has 0 aliphatic rings. The van der Waals surface area contributed by atoms with Gasteiger partial charge in [0.05, 0.1) is 18.2 Å². The van der Waals surface area contributed by atoms with Gasteiger partial charge in [-0.1, -0.05) is 19.1 Å². The molecule has 0 amide bonds. The lowest BCUT2D eigenvalue weighted by molar-refractivity contribution is 0.475. The minimum absolute atomic E-state index is 0.454. The molecule has 5 nitrogen and oxygen atoms in total. The number of hydrogen-bond acceptors (Lipinski definition) is 4. The molecule has 0 saturated carbocycles. The molecular weight excluding hydrogens is 204 g/mol. The molecule has 2 rings (SSSR count). The molecule has 1 N–H and O–H groups in total. The maximum absolute atomic E-state index is 5.24. The summed E-state index contributed by atoms with van der Waals surface area (Å²) in [7, 11) is 0. The molecule has 2 aromatic rings. The van der Waals surface area contributed by atoms with E-state index in [-0.39, 0.29) is 0 Å². The van der Waals surface area contributed by atoms with Crippen molar-refractivity contribution in [2.45, 2.75) is 33.0 Å². The molecule has 0 fully saturated rings. The number of furan rings is 1. The Labute approximate surface area is 94.5 Å². The molecule has 2 aromatic heterocycles. The predicted molar refractivity (Wildman–Crippen MR) is 59.8 cm³/mol. The van der Waals surface area contributed by atoms with Crippen molar-refractivity contribution in [3.63, 3.8) is 0 Å². The van der Waals surface area contributed by atoms with Gasteiger partial charge in [-0.3, -0.25) is 0 Å². The highest BCUT2D eigenvalue weighted by atomic mass is 16.3. The van der Waals surface area contributed by atoms with Crippen molar-refractivity contribution in [2.75, 3.05) is 0 Å². The lowest BCUT2D eigenvalue weighted by Gasteiger charge is -2.03. The smallest absolute Gasteiger partial charge is 0.125 e. The van der Waals surface area contributed by atoms with Gasteiger partial charge in [-0.05, 0) is 12.1 Å². The Morgan fingerprint density at radius 1 is 1.50 bits per heavy atom. The van der Waals surface area contributed by atoms with E-state index in [2.05, 4.69) is 29.5 Å². The zero-order valence-electron chi connectivity index (χ0n) is 9.55. The quantitative estimate of drug-likeness (QED) is 0.828. The molecule has 0 radical (unpaired) electrons. The summed E-state index contributed by atoms with van der Waals surface area (Å²) in [6, 6.07) is 4.25. The molecule has 86 valence electrons. The summed E-state index contributed by atoms with van der Waals surface area (Å²) >= 11 is 0. The van der Waals surface area contributed by atoms with Crippen LogP contribution in [0.1, 0.15) is 25.3 Å². The van der Waals surface area contributed by atoms with Gasteiger partial charge in [-0.15, -0.1) is 5.10 Å². The van der Waals surface area contributed by atoms with Gasteiger partial charge in [0, 0.05) is 12.6 Å². The highest BCUT2D eigenvalue weighted by Crippen LogP contribution is 2.03. The van der Waals surface area contributed by atoms with E-state index >= 15 is 0 Å². The third-order valence-electron chi connectivity index (χ3n) is 2.18. The monoisotopic (exact) mass is 220 g/mol. The van der Waals surface area contributed by atoms with Gasteiger partial charge in [0.15, 0.2) is 0 Å². The fourth-order valence-corrected chi connectivity index (χ4v) is 1.37. The van der Waals surface area contributed by atoms with Crippen LogP contribution in [0, 0.1) is 0 Å².